The lowest BCUT2D eigenvalue weighted by Crippen LogP contribution is -1.96. The number of carboxylic acid groups (broad SMARTS) is 2. The van der Waals surface area contributed by atoms with Crippen LogP contribution in [-0.4, -0.2) is 27.3 Å². The van der Waals surface area contributed by atoms with Crippen LogP contribution >= 0.6 is 0 Å². The monoisotopic (exact) mass is 177 g/mol. The van der Waals surface area contributed by atoms with Gasteiger partial charge < -0.3 is 15.4 Å². The molecule has 0 rings (SSSR count). The van der Waals surface area contributed by atoms with Gasteiger partial charge in [-0.05, 0) is 19.3 Å². The second-order valence-electron chi connectivity index (χ2n) is 2.72. The van der Waals surface area contributed by atoms with E-state index in [0.29, 0.717) is 5.92 Å². The van der Waals surface area contributed by atoms with E-state index in [1.165, 1.54) is 0 Å². The molecule has 0 heterocycles. The van der Waals surface area contributed by atoms with Gasteiger partial charge in [-0.25, -0.2) is 4.79 Å². The normalized spacial score (nSPS) is 10.5. The lowest BCUT2D eigenvalue weighted by Gasteiger charge is -1.99. The summed E-state index contributed by atoms with van der Waals surface area (Å²) >= 11 is 0. The molecule has 0 unspecified atom stereocenters. The molecule has 0 radical (unpaired) electrons. The standard InChI is InChI=1S/C6H13NO.CH2O3/c1-5(2)4-6(3)7-8;2-1(3)4/h5,8H,4H2,1-3H3;(H2,2,3,4)/b7-6+;. The van der Waals surface area contributed by atoms with Gasteiger partial charge in [-0.1, -0.05) is 19.0 Å². The molecule has 0 fully saturated rings. The van der Waals surface area contributed by atoms with E-state index in [1.54, 1.807) is 0 Å². The van der Waals surface area contributed by atoms with E-state index in [4.69, 9.17) is 20.2 Å². The first-order valence-electron chi connectivity index (χ1n) is 3.49. The first-order chi connectivity index (χ1) is 5.40. The molecule has 0 saturated carbocycles. The maximum Gasteiger partial charge on any atom is 0.503 e. The van der Waals surface area contributed by atoms with Gasteiger partial charge in [0.2, 0.25) is 0 Å². The van der Waals surface area contributed by atoms with E-state index in [1.807, 2.05) is 6.92 Å². The second kappa shape index (κ2) is 7.84. The van der Waals surface area contributed by atoms with Crippen molar-refractivity contribution in [1.82, 2.24) is 0 Å². The van der Waals surface area contributed by atoms with Gasteiger partial charge in [-0.2, -0.15) is 0 Å². The Labute approximate surface area is 71.3 Å². The summed E-state index contributed by atoms with van der Waals surface area (Å²) in [6.07, 6.45) is -0.948. The molecule has 0 saturated heterocycles. The molecule has 0 spiro atoms. The van der Waals surface area contributed by atoms with Gasteiger partial charge >= 0.3 is 6.16 Å². The highest BCUT2D eigenvalue weighted by molar-refractivity contribution is 5.81. The van der Waals surface area contributed by atoms with Crippen molar-refractivity contribution in [3.63, 3.8) is 0 Å². The van der Waals surface area contributed by atoms with Crippen molar-refractivity contribution in [3.8, 4) is 0 Å². The highest BCUT2D eigenvalue weighted by Crippen LogP contribution is 1.99. The van der Waals surface area contributed by atoms with Crippen molar-refractivity contribution >= 4 is 11.9 Å². The number of carbonyl (C=O) groups is 1. The number of nitrogens with zero attached hydrogens (tertiary/aromatic N) is 1. The highest BCUT2D eigenvalue weighted by Gasteiger charge is 1.95. The summed E-state index contributed by atoms with van der Waals surface area (Å²) in [6, 6.07) is 0. The van der Waals surface area contributed by atoms with Crippen molar-refractivity contribution < 1.29 is 20.2 Å². The van der Waals surface area contributed by atoms with E-state index >= 15 is 0 Å². The third kappa shape index (κ3) is 23.3. The van der Waals surface area contributed by atoms with Crippen LogP contribution < -0.4 is 0 Å². The van der Waals surface area contributed by atoms with Crippen LogP contribution in [0.3, 0.4) is 0 Å². The Morgan fingerprint density at radius 2 is 1.75 bits per heavy atom. The van der Waals surface area contributed by atoms with E-state index in [9.17, 15) is 0 Å². The van der Waals surface area contributed by atoms with Crippen LogP contribution in [0, 0.1) is 5.92 Å². The minimum absolute atomic E-state index is 0.589. The van der Waals surface area contributed by atoms with Crippen molar-refractivity contribution in [1.29, 1.82) is 0 Å². The molecule has 0 aliphatic rings. The molecule has 0 bridgehead atoms. The van der Waals surface area contributed by atoms with E-state index in [-0.39, 0.29) is 0 Å². The quantitative estimate of drug-likeness (QED) is 0.342. The Bertz CT molecular complexity index is 149. The average molecular weight is 177 g/mol. The van der Waals surface area contributed by atoms with Gasteiger partial charge in [0, 0.05) is 0 Å². The zero-order valence-corrected chi connectivity index (χ0v) is 7.48. The van der Waals surface area contributed by atoms with Crippen molar-refractivity contribution in [2.24, 2.45) is 11.1 Å². The Kier molecular flexibility index (Phi) is 8.72. The molecule has 0 atom stereocenters. The maximum absolute atomic E-state index is 8.56. The smallest absolute Gasteiger partial charge is 0.450 e. The van der Waals surface area contributed by atoms with Crippen LogP contribution in [0.4, 0.5) is 4.79 Å². The number of oxime groups is 1. The third-order valence-corrected chi connectivity index (χ3v) is 0.874. The topological polar surface area (TPSA) is 90.1 Å². The molecule has 5 heteroatoms. The van der Waals surface area contributed by atoms with Gasteiger partial charge in [0.1, 0.15) is 0 Å². The Morgan fingerprint density at radius 1 is 1.42 bits per heavy atom. The fourth-order valence-corrected chi connectivity index (χ4v) is 0.632. The van der Waals surface area contributed by atoms with E-state index in [0.717, 1.165) is 12.1 Å². The average Bonchev–Trinajstić information content (AvgIpc) is 1.84. The van der Waals surface area contributed by atoms with Gasteiger partial charge in [0.25, 0.3) is 0 Å². The molecule has 3 N–H and O–H groups in total. The van der Waals surface area contributed by atoms with Crippen LogP contribution in [0.15, 0.2) is 5.16 Å². The summed E-state index contributed by atoms with van der Waals surface area (Å²) in [4.78, 5) is 8.56. The molecule has 0 aromatic heterocycles. The Morgan fingerprint density at radius 3 is 1.83 bits per heavy atom. The predicted octanol–water partition coefficient (Wildman–Crippen LogP) is 2.10. The fraction of sp³-hybridized carbons (Fsp3) is 0.714. The molecular weight excluding hydrogens is 162 g/mol. The molecule has 72 valence electrons. The fourth-order valence-electron chi connectivity index (χ4n) is 0.632. The van der Waals surface area contributed by atoms with E-state index in [2.05, 4.69) is 19.0 Å². The van der Waals surface area contributed by atoms with Crippen LogP contribution in [-0.2, 0) is 0 Å². The molecule has 5 nitrogen and oxygen atoms in total. The molecule has 0 aliphatic carbocycles. The van der Waals surface area contributed by atoms with Crippen LogP contribution in [0.25, 0.3) is 0 Å². The molecule has 0 amide bonds. The van der Waals surface area contributed by atoms with Gasteiger partial charge in [0.05, 0.1) is 5.71 Å². The summed E-state index contributed by atoms with van der Waals surface area (Å²) in [7, 11) is 0. The number of hydrogen-bond acceptors (Lipinski definition) is 3. The predicted molar refractivity (Wildman–Crippen MR) is 45.0 cm³/mol. The van der Waals surface area contributed by atoms with Crippen LogP contribution in [0.5, 0.6) is 0 Å². The molecule has 0 aromatic rings. The van der Waals surface area contributed by atoms with E-state index < -0.39 is 6.16 Å². The van der Waals surface area contributed by atoms with Crippen molar-refractivity contribution in [3.05, 3.63) is 0 Å². The number of hydrogen-bond donors (Lipinski definition) is 3. The zero-order chi connectivity index (χ0) is 10.1. The largest absolute Gasteiger partial charge is 0.503 e. The first-order valence-corrected chi connectivity index (χ1v) is 3.49. The minimum atomic E-state index is -1.83. The van der Waals surface area contributed by atoms with Gasteiger partial charge in [0.15, 0.2) is 0 Å². The summed E-state index contributed by atoms with van der Waals surface area (Å²) in [6.45, 7) is 6.00. The molecule has 0 aromatic carbocycles. The Hall–Kier alpha value is -1.26. The number of rotatable bonds is 2. The molecule has 12 heavy (non-hydrogen) atoms. The summed E-state index contributed by atoms with van der Waals surface area (Å²) in [5, 5.41) is 25.2. The van der Waals surface area contributed by atoms with Crippen LogP contribution in [0.1, 0.15) is 27.2 Å². The zero-order valence-electron chi connectivity index (χ0n) is 7.48. The van der Waals surface area contributed by atoms with Crippen LogP contribution in [0.2, 0.25) is 0 Å². The first kappa shape index (κ1) is 13.3. The highest BCUT2D eigenvalue weighted by atomic mass is 16.6. The Balaban J connectivity index is 0. The summed E-state index contributed by atoms with van der Waals surface area (Å²) in [5.74, 6) is 0.589. The van der Waals surface area contributed by atoms with Gasteiger partial charge in [-0.15, -0.1) is 0 Å². The third-order valence-electron chi connectivity index (χ3n) is 0.874. The van der Waals surface area contributed by atoms with Crippen molar-refractivity contribution in [2.45, 2.75) is 27.2 Å². The lowest BCUT2D eigenvalue weighted by molar-refractivity contribution is 0.137. The lowest BCUT2D eigenvalue weighted by atomic mass is 10.1. The van der Waals surface area contributed by atoms with Gasteiger partial charge in [-0.3, -0.25) is 0 Å². The van der Waals surface area contributed by atoms with Crippen molar-refractivity contribution in [2.75, 3.05) is 0 Å². The maximum atomic E-state index is 8.56. The summed E-state index contributed by atoms with van der Waals surface area (Å²) < 4.78 is 0. The SMILES string of the molecule is C/C(CC(C)C)=N\O.O=C(O)O. The molecule has 0 aliphatic heterocycles. The summed E-state index contributed by atoms with van der Waals surface area (Å²) in [5.41, 5.74) is 0.806. The second-order valence-corrected chi connectivity index (χ2v) is 2.72. The molecular formula is C7H15NO4. The minimum Gasteiger partial charge on any atom is -0.450 e.